The van der Waals surface area contributed by atoms with Crippen molar-refractivity contribution < 1.29 is 13.9 Å². The smallest absolute Gasteiger partial charge is 0.406 e. The Morgan fingerprint density at radius 3 is 2.58 bits per heavy atom. The van der Waals surface area contributed by atoms with Crippen LogP contribution in [0.5, 0.6) is 0 Å². The molecular weight excluding hydrogens is 335 g/mol. The fourth-order valence-electron chi connectivity index (χ4n) is 3.23. The van der Waals surface area contributed by atoms with Crippen LogP contribution in [0.25, 0.3) is 0 Å². The van der Waals surface area contributed by atoms with E-state index >= 15 is 0 Å². The maximum Gasteiger partial charge on any atom is 0.406 e. The molecule has 1 aliphatic heterocycles. The second kappa shape index (κ2) is 8.62. The Balaban J connectivity index is 1.66. The van der Waals surface area contributed by atoms with E-state index in [-0.39, 0.29) is 11.9 Å². The maximum atomic E-state index is 13.1. The fraction of sp³-hybridized carbons (Fsp3) is 0.368. The van der Waals surface area contributed by atoms with Gasteiger partial charge in [0, 0.05) is 50.8 Å². The number of anilines is 1. The Labute approximate surface area is 152 Å². The molecule has 2 heterocycles. The summed E-state index contributed by atoms with van der Waals surface area (Å²) in [7, 11) is 1.36. The third kappa shape index (κ3) is 4.49. The lowest BCUT2D eigenvalue weighted by Crippen LogP contribution is -2.50. The number of nitrogens with one attached hydrogen (secondary N) is 1. The highest BCUT2D eigenvalue weighted by atomic mass is 19.1. The summed E-state index contributed by atoms with van der Waals surface area (Å²) in [5.41, 5.74) is 2.08. The first-order valence-electron chi connectivity index (χ1n) is 8.63. The number of piperazine rings is 1. The van der Waals surface area contributed by atoms with Crippen molar-refractivity contribution >= 4 is 11.8 Å². The quantitative estimate of drug-likeness (QED) is 0.890. The molecule has 1 amide bonds. The summed E-state index contributed by atoms with van der Waals surface area (Å²) < 4.78 is 17.8. The van der Waals surface area contributed by atoms with Crippen molar-refractivity contribution in [1.82, 2.24) is 15.2 Å². The van der Waals surface area contributed by atoms with Crippen LogP contribution in [0.2, 0.25) is 0 Å². The molecule has 26 heavy (non-hydrogen) atoms. The second-order valence-electron chi connectivity index (χ2n) is 6.17. The number of carbonyl (C=O) groups is 1. The SMILES string of the molecule is COC(=O)NCC(c1cccnc1)N1CCN(c2ccc(F)cc2)CC1. The number of rotatable bonds is 5. The minimum absolute atomic E-state index is 0.0261. The zero-order valence-corrected chi connectivity index (χ0v) is 14.8. The van der Waals surface area contributed by atoms with Gasteiger partial charge in [-0.2, -0.15) is 0 Å². The Kier molecular flexibility index (Phi) is 6.01. The number of aromatic nitrogens is 1. The van der Waals surface area contributed by atoms with Crippen LogP contribution in [0.4, 0.5) is 14.9 Å². The first-order chi connectivity index (χ1) is 12.7. The summed E-state index contributed by atoms with van der Waals surface area (Å²) in [4.78, 5) is 20.3. The van der Waals surface area contributed by atoms with E-state index in [1.807, 2.05) is 30.5 Å². The van der Waals surface area contributed by atoms with Gasteiger partial charge in [-0.25, -0.2) is 9.18 Å². The van der Waals surface area contributed by atoms with Crippen LogP contribution >= 0.6 is 0 Å². The molecule has 2 aromatic rings. The van der Waals surface area contributed by atoms with Crippen LogP contribution < -0.4 is 10.2 Å². The third-order valence-electron chi connectivity index (χ3n) is 4.64. The molecule has 6 nitrogen and oxygen atoms in total. The van der Waals surface area contributed by atoms with Crippen molar-refractivity contribution in [3.63, 3.8) is 0 Å². The largest absolute Gasteiger partial charge is 0.453 e. The van der Waals surface area contributed by atoms with Crippen LogP contribution in [0.15, 0.2) is 48.8 Å². The zero-order chi connectivity index (χ0) is 18.4. The summed E-state index contributed by atoms with van der Waals surface area (Å²) in [6.45, 7) is 3.79. The molecule has 138 valence electrons. The third-order valence-corrected chi connectivity index (χ3v) is 4.64. The highest BCUT2D eigenvalue weighted by Gasteiger charge is 2.26. The number of nitrogens with zero attached hydrogens (tertiary/aromatic N) is 3. The molecule has 1 aromatic carbocycles. The van der Waals surface area contributed by atoms with E-state index in [1.165, 1.54) is 19.2 Å². The lowest BCUT2D eigenvalue weighted by Gasteiger charge is -2.40. The van der Waals surface area contributed by atoms with Crippen molar-refractivity contribution in [3.05, 3.63) is 60.2 Å². The average Bonchev–Trinajstić information content (AvgIpc) is 2.70. The van der Waals surface area contributed by atoms with Crippen molar-refractivity contribution in [1.29, 1.82) is 0 Å². The van der Waals surface area contributed by atoms with Gasteiger partial charge in [0.15, 0.2) is 0 Å². The molecule has 0 bridgehead atoms. The average molecular weight is 358 g/mol. The summed E-state index contributed by atoms with van der Waals surface area (Å²) >= 11 is 0. The monoisotopic (exact) mass is 358 g/mol. The molecule has 1 saturated heterocycles. The van der Waals surface area contributed by atoms with E-state index in [0.29, 0.717) is 6.54 Å². The first-order valence-corrected chi connectivity index (χ1v) is 8.63. The lowest BCUT2D eigenvalue weighted by atomic mass is 10.1. The Morgan fingerprint density at radius 2 is 1.96 bits per heavy atom. The maximum absolute atomic E-state index is 13.1. The fourth-order valence-corrected chi connectivity index (χ4v) is 3.23. The van der Waals surface area contributed by atoms with Crippen LogP contribution in [-0.2, 0) is 4.74 Å². The molecule has 1 N–H and O–H groups in total. The van der Waals surface area contributed by atoms with Crippen LogP contribution in [0.1, 0.15) is 11.6 Å². The number of benzene rings is 1. The number of pyridine rings is 1. The number of ether oxygens (including phenoxy) is 1. The van der Waals surface area contributed by atoms with E-state index < -0.39 is 6.09 Å². The Hall–Kier alpha value is -2.67. The molecule has 1 fully saturated rings. The van der Waals surface area contributed by atoms with E-state index in [1.54, 1.807) is 6.20 Å². The van der Waals surface area contributed by atoms with Gasteiger partial charge >= 0.3 is 6.09 Å². The highest BCUT2D eigenvalue weighted by Crippen LogP contribution is 2.23. The molecular formula is C19H23FN4O2. The first kappa shape index (κ1) is 18.1. The van der Waals surface area contributed by atoms with E-state index in [4.69, 9.17) is 0 Å². The van der Waals surface area contributed by atoms with Crippen molar-refractivity contribution in [2.75, 3.05) is 44.7 Å². The van der Waals surface area contributed by atoms with Crippen LogP contribution in [-0.4, -0.2) is 55.8 Å². The number of hydrogen-bond acceptors (Lipinski definition) is 5. The van der Waals surface area contributed by atoms with E-state index in [0.717, 1.165) is 37.4 Å². The number of methoxy groups -OCH3 is 1. The van der Waals surface area contributed by atoms with Gasteiger partial charge in [-0.3, -0.25) is 9.88 Å². The van der Waals surface area contributed by atoms with Gasteiger partial charge in [-0.1, -0.05) is 6.07 Å². The normalized spacial score (nSPS) is 16.2. The highest BCUT2D eigenvalue weighted by molar-refractivity contribution is 5.66. The lowest BCUT2D eigenvalue weighted by molar-refractivity contribution is 0.154. The Bertz CT molecular complexity index is 703. The van der Waals surface area contributed by atoms with Crippen LogP contribution in [0, 0.1) is 5.82 Å². The molecule has 1 aliphatic rings. The molecule has 0 aliphatic carbocycles. The topological polar surface area (TPSA) is 57.7 Å². The summed E-state index contributed by atoms with van der Waals surface area (Å²) in [5.74, 6) is -0.224. The van der Waals surface area contributed by atoms with E-state index in [9.17, 15) is 9.18 Å². The molecule has 1 unspecified atom stereocenters. The van der Waals surface area contributed by atoms with Crippen molar-refractivity contribution in [2.24, 2.45) is 0 Å². The van der Waals surface area contributed by atoms with Gasteiger partial charge in [0.25, 0.3) is 0 Å². The van der Waals surface area contributed by atoms with Gasteiger partial charge in [0.05, 0.1) is 13.2 Å². The van der Waals surface area contributed by atoms with Gasteiger partial charge in [-0.05, 0) is 35.9 Å². The minimum Gasteiger partial charge on any atom is -0.453 e. The number of hydrogen-bond donors (Lipinski definition) is 1. The van der Waals surface area contributed by atoms with Crippen molar-refractivity contribution in [3.8, 4) is 0 Å². The standard InChI is InChI=1S/C19H23FN4O2/c1-26-19(25)22-14-18(15-3-2-8-21-13-15)24-11-9-23(10-12-24)17-6-4-16(20)5-7-17/h2-8,13,18H,9-12,14H2,1H3,(H,22,25). The van der Waals surface area contributed by atoms with Gasteiger partial charge in [-0.15, -0.1) is 0 Å². The zero-order valence-electron chi connectivity index (χ0n) is 14.8. The number of alkyl carbamates (subject to hydrolysis) is 1. The molecule has 3 rings (SSSR count). The number of carbonyl (C=O) groups excluding carboxylic acids is 1. The minimum atomic E-state index is -0.441. The van der Waals surface area contributed by atoms with Gasteiger partial charge in [0.2, 0.25) is 0 Å². The molecule has 0 radical (unpaired) electrons. The predicted octanol–water partition coefficient (Wildman–Crippen LogP) is 2.44. The number of amides is 1. The van der Waals surface area contributed by atoms with Gasteiger partial charge < -0.3 is 15.0 Å². The van der Waals surface area contributed by atoms with Crippen LogP contribution in [0.3, 0.4) is 0 Å². The molecule has 0 spiro atoms. The molecule has 7 heteroatoms. The summed E-state index contributed by atoms with van der Waals surface area (Å²) in [5, 5.41) is 2.79. The summed E-state index contributed by atoms with van der Waals surface area (Å²) in [6, 6.07) is 10.5. The summed E-state index contributed by atoms with van der Waals surface area (Å²) in [6.07, 6.45) is 3.13. The number of halogens is 1. The molecule has 1 atom stereocenters. The Morgan fingerprint density at radius 1 is 1.23 bits per heavy atom. The molecule has 0 saturated carbocycles. The second-order valence-corrected chi connectivity index (χ2v) is 6.17. The van der Waals surface area contributed by atoms with Gasteiger partial charge in [0.1, 0.15) is 5.82 Å². The molecule has 1 aromatic heterocycles. The van der Waals surface area contributed by atoms with Crippen molar-refractivity contribution in [2.45, 2.75) is 6.04 Å². The van der Waals surface area contributed by atoms with E-state index in [2.05, 4.69) is 24.8 Å². The predicted molar refractivity (Wildman–Crippen MR) is 97.6 cm³/mol.